The third-order valence-corrected chi connectivity index (χ3v) is 4.47. The fourth-order valence-corrected chi connectivity index (χ4v) is 3.64. The number of ether oxygens (including phenoxy) is 1. The van der Waals surface area contributed by atoms with Gasteiger partial charge in [0, 0.05) is 17.6 Å². The van der Waals surface area contributed by atoms with E-state index in [0.29, 0.717) is 12.0 Å². The van der Waals surface area contributed by atoms with Gasteiger partial charge in [0.25, 0.3) is 0 Å². The van der Waals surface area contributed by atoms with E-state index in [2.05, 4.69) is 48.6 Å². The molecule has 0 aromatic heterocycles. The van der Waals surface area contributed by atoms with E-state index in [9.17, 15) is 0 Å². The van der Waals surface area contributed by atoms with Crippen molar-refractivity contribution < 1.29 is 4.74 Å². The van der Waals surface area contributed by atoms with Crippen LogP contribution in [0.4, 0.5) is 5.69 Å². The zero-order valence-electron chi connectivity index (χ0n) is 11.2. The van der Waals surface area contributed by atoms with Crippen LogP contribution in [0.15, 0.2) is 36.4 Å². The van der Waals surface area contributed by atoms with Crippen LogP contribution >= 0.6 is 0 Å². The molecule has 2 atom stereocenters. The first-order chi connectivity index (χ1) is 9.28. The molecule has 0 fully saturated rings. The molecule has 1 N–H and O–H groups in total. The van der Waals surface area contributed by atoms with Crippen molar-refractivity contribution in [2.24, 2.45) is 0 Å². The Kier molecular flexibility index (Phi) is 2.16. The molecule has 4 rings (SSSR count). The molecular formula is C17H17NO. The van der Waals surface area contributed by atoms with E-state index < -0.39 is 0 Å². The van der Waals surface area contributed by atoms with Crippen LogP contribution in [0.1, 0.15) is 28.2 Å². The van der Waals surface area contributed by atoms with Crippen LogP contribution in [-0.2, 0) is 6.42 Å². The number of hydrogen-bond donors (Lipinski definition) is 1. The second-order valence-corrected chi connectivity index (χ2v) is 5.54. The minimum absolute atomic E-state index is 0.486. The van der Waals surface area contributed by atoms with Gasteiger partial charge in [-0.05, 0) is 47.7 Å². The average Bonchev–Trinajstić information content (AvgIpc) is 2.95. The van der Waals surface area contributed by atoms with Crippen LogP contribution in [-0.4, -0.2) is 13.2 Å². The molecule has 2 heteroatoms. The molecule has 2 aliphatic rings. The molecule has 19 heavy (non-hydrogen) atoms. The van der Waals surface area contributed by atoms with E-state index in [1.165, 1.54) is 27.9 Å². The number of fused-ring (bicyclic) bond motifs is 5. The molecule has 96 valence electrons. The SMILES string of the molecule is COc1cc(C)c2c(c1)C1c3ccccc3CC1N2. The highest BCUT2D eigenvalue weighted by Gasteiger charge is 2.40. The summed E-state index contributed by atoms with van der Waals surface area (Å²) in [4.78, 5) is 0. The second kappa shape index (κ2) is 3.77. The zero-order valence-corrected chi connectivity index (χ0v) is 11.2. The van der Waals surface area contributed by atoms with Crippen molar-refractivity contribution in [2.75, 3.05) is 12.4 Å². The minimum Gasteiger partial charge on any atom is -0.497 e. The Hall–Kier alpha value is -1.96. The van der Waals surface area contributed by atoms with Crippen LogP contribution in [0.25, 0.3) is 0 Å². The van der Waals surface area contributed by atoms with Gasteiger partial charge >= 0.3 is 0 Å². The van der Waals surface area contributed by atoms with Crippen molar-refractivity contribution >= 4 is 5.69 Å². The quantitative estimate of drug-likeness (QED) is 0.837. The number of nitrogens with one attached hydrogen (secondary N) is 1. The number of rotatable bonds is 1. The number of anilines is 1. The Morgan fingerprint density at radius 1 is 1.16 bits per heavy atom. The van der Waals surface area contributed by atoms with Crippen molar-refractivity contribution in [3.05, 3.63) is 58.7 Å². The van der Waals surface area contributed by atoms with Gasteiger partial charge in [-0.25, -0.2) is 0 Å². The molecule has 0 bridgehead atoms. The van der Waals surface area contributed by atoms with Crippen molar-refractivity contribution in [2.45, 2.75) is 25.3 Å². The van der Waals surface area contributed by atoms with Crippen LogP contribution < -0.4 is 10.1 Å². The van der Waals surface area contributed by atoms with Gasteiger partial charge in [0.15, 0.2) is 0 Å². The topological polar surface area (TPSA) is 21.3 Å². The summed E-state index contributed by atoms with van der Waals surface area (Å²) in [5.74, 6) is 1.45. The lowest BCUT2D eigenvalue weighted by Crippen LogP contribution is -2.17. The fraction of sp³-hybridized carbons (Fsp3) is 0.294. The summed E-state index contributed by atoms with van der Waals surface area (Å²) in [5.41, 5.74) is 6.95. The summed E-state index contributed by atoms with van der Waals surface area (Å²) in [5, 5.41) is 3.71. The lowest BCUT2D eigenvalue weighted by molar-refractivity contribution is 0.414. The van der Waals surface area contributed by atoms with Crippen LogP contribution in [0.2, 0.25) is 0 Å². The van der Waals surface area contributed by atoms with Crippen molar-refractivity contribution in [1.82, 2.24) is 0 Å². The zero-order chi connectivity index (χ0) is 13.0. The van der Waals surface area contributed by atoms with Gasteiger partial charge in [-0.15, -0.1) is 0 Å². The molecule has 0 amide bonds. The number of benzene rings is 2. The van der Waals surface area contributed by atoms with Gasteiger partial charge in [0.2, 0.25) is 0 Å². The average molecular weight is 251 g/mol. The summed E-state index contributed by atoms with van der Waals surface area (Å²) in [6.45, 7) is 2.15. The lowest BCUT2D eigenvalue weighted by Gasteiger charge is -2.12. The highest BCUT2D eigenvalue weighted by molar-refractivity contribution is 5.70. The largest absolute Gasteiger partial charge is 0.497 e. The molecule has 0 saturated heterocycles. The summed E-state index contributed by atoms with van der Waals surface area (Å²) in [7, 11) is 1.74. The lowest BCUT2D eigenvalue weighted by atomic mass is 9.92. The molecule has 1 aliphatic carbocycles. The molecule has 1 heterocycles. The van der Waals surface area contributed by atoms with E-state index in [1.807, 2.05) is 0 Å². The fourth-order valence-electron chi connectivity index (χ4n) is 3.64. The number of aryl methyl sites for hydroxylation is 1. The Bertz CT molecular complexity index is 662. The number of methoxy groups -OCH3 is 1. The Morgan fingerprint density at radius 2 is 2.00 bits per heavy atom. The molecule has 2 aromatic carbocycles. The molecule has 2 unspecified atom stereocenters. The van der Waals surface area contributed by atoms with Crippen LogP contribution in [0.3, 0.4) is 0 Å². The van der Waals surface area contributed by atoms with Gasteiger partial charge in [0.05, 0.1) is 7.11 Å². The van der Waals surface area contributed by atoms with Crippen LogP contribution in [0, 0.1) is 6.92 Å². The predicted molar refractivity (Wildman–Crippen MR) is 77.1 cm³/mol. The summed E-state index contributed by atoms with van der Waals surface area (Å²) in [6.07, 6.45) is 1.12. The van der Waals surface area contributed by atoms with E-state index in [-0.39, 0.29) is 0 Å². The third-order valence-electron chi connectivity index (χ3n) is 4.47. The van der Waals surface area contributed by atoms with Crippen molar-refractivity contribution in [3.8, 4) is 5.75 Å². The minimum atomic E-state index is 0.486. The first-order valence-electron chi connectivity index (χ1n) is 6.81. The first-order valence-corrected chi connectivity index (χ1v) is 6.81. The van der Waals surface area contributed by atoms with Gasteiger partial charge in [-0.1, -0.05) is 24.3 Å². The van der Waals surface area contributed by atoms with Gasteiger partial charge in [0.1, 0.15) is 5.75 Å². The smallest absolute Gasteiger partial charge is 0.119 e. The molecule has 0 spiro atoms. The summed E-state index contributed by atoms with van der Waals surface area (Å²) in [6, 6.07) is 13.6. The van der Waals surface area contributed by atoms with E-state index in [1.54, 1.807) is 7.11 Å². The standard InChI is InChI=1S/C17H17NO/c1-10-7-12(19-2)9-14-16-13-6-4-3-5-11(13)8-15(16)18-17(10)14/h3-7,9,15-16,18H,8H2,1-2H3. The van der Waals surface area contributed by atoms with E-state index >= 15 is 0 Å². The molecule has 1 aliphatic heterocycles. The van der Waals surface area contributed by atoms with E-state index in [4.69, 9.17) is 4.74 Å². The maximum Gasteiger partial charge on any atom is 0.119 e. The van der Waals surface area contributed by atoms with E-state index in [0.717, 1.165) is 12.2 Å². The second-order valence-electron chi connectivity index (χ2n) is 5.54. The third kappa shape index (κ3) is 1.43. The van der Waals surface area contributed by atoms with Gasteiger partial charge < -0.3 is 10.1 Å². The maximum atomic E-state index is 5.43. The first kappa shape index (κ1) is 10.9. The Balaban J connectivity index is 1.91. The Labute approximate surface area is 113 Å². The summed E-state index contributed by atoms with van der Waals surface area (Å²) >= 11 is 0. The molecular weight excluding hydrogens is 234 g/mol. The van der Waals surface area contributed by atoms with Gasteiger partial charge in [-0.3, -0.25) is 0 Å². The highest BCUT2D eigenvalue weighted by atomic mass is 16.5. The Morgan fingerprint density at radius 3 is 2.84 bits per heavy atom. The van der Waals surface area contributed by atoms with Crippen molar-refractivity contribution in [3.63, 3.8) is 0 Å². The monoisotopic (exact) mass is 251 g/mol. The predicted octanol–water partition coefficient (Wildman–Crippen LogP) is 3.49. The van der Waals surface area contributed by atoms with Crippen molar-refractivity contribution in [1.29, 1.82) is 0 Å². The van der Waals surface area contributed by atoms with Gasteiger partial charge in [-0.2, -0.15) is 0 Å². The molecule has 2 nitrogen and oxygen atoms in total. The normalized spacial score (nSPS) is 22.4. The highest BCUT2D eigenvalue weighted by Crippen LogP contribution is 2.49. The molecule has 0 saturated carbocycles. The molecule has 2 aromatic rings. The summed E-state index contributed by atoms with van der Waals surface area (Å²) < 4.78 is 5.43. The maximum absolute atomic E-state index is 5.43. The molecule has 0 radical (unpaired) electrons. The number of hydrogen-bond acceptors (Lipinski definition) is 2. The van der Waals surface area contributed by atoms with Crippen LogP contribution in [0.5, 0.6) is 5.75 Å².